The molecule has 1 amide bonds. The van der Waals surface area contributed by atoms with Gasteiger partial charge in [-0.1, -0.05) is 5.57 Å². The maximum Gasteiger partial charge on any atom is 0.416 e. The lowest BCUT2D eigenvalue weighted by molar-refractivity contribution is -0.142. The number of ether oxygens (including phenoxy) is 2. The Balaban J connectivity index is 2.17. The van der Waals surface area contributed by atoms with E-state index in [0.717, 1.165) is 12.1 Å². The maximum atomic E-state index is 13.0. The molecule has 0 saturated carbocycles. The molecule has 1 saturated heterocycles. The molecule has 1 heterocycles. The summed E-state index contributed by atoms with van der Waals surface area (Å²) in [4.78, 5) is 25.4. The molecule has 2 rings (SSSR count). The lowest BCUT2D eigenvalue weighted by Gasteiger charge is -2.31. The summed E-state index contributed by atoms with van der Waals surface area (Å²) in [6.07, 6.45) is -3.32. The first kappa shape index (κ1) is 20.8. The van der Waals surface area contributed by atoms with E-state index in [4.69, 9.17) is 9.47 Å². The summed E-state index contributed by atoms with van der Waals surface area (Å²) >= 11 is 0. The fourth-order valence-electron chi connectivity index (χ4n) is 2.49. The van der Waals surface area contributed by atoms with Crippen LogP contribution in [-0.4, -0.2) is 44.8 Å². The number of amides is 1. The number of carbonyl (C=O) groups excluding carboxylic acids is 2. The van der Waals surface area contributed by atoms with E-state index in [9.17, 15) is 22.8 Å². The number of hydrogen-bond acceptors (Lipinski definition) is 5. The molecule has 0 aliphatic carbocycles. The summed E-state index contributed by atoms with van der Waals surface area (Å²) in [5.41, 5.74) is 0.287. The summed E-state index contributed by atoms with van der Waals surface area (Å²) in [6.45, 7) is 4.65. The van der Waals surface area contributed by atoms with E-state index in [1.165, 1.54) is 12.1 Å². The fraction of sp³-hybridized carbons (Fsp3) is 0.444. The number of nitrogens with one attached hydrogen (secondary N) is 1. The molecule has 1 aromatic carbocycles. The van der Waals surface area contributed by atoms with Crippen LogP contribution >= 0.6 is 0 Å². The summed E-state index contributed by atoms with van der Waals surface area (Å²) in [5, 5.41) is 2.41. The average molecular weight is 386 g/mol. The Labute approximate surface area is 154 Å². The van der Waals surface area contributed by atoms with Gasteiger partial charge in [0.1, 0.15) is 0 Å². The van der Waals surface area contributed by atoms with Crippen molar-refractivity contribution in [2.24, 2.45) is 0 Å². The highest BCUT2D eigenvalue weighted by Crippen LogP contribution is 2.35. The van der Waals surface area contributed by atoms with Gasteiger partial charge in [0.2, 0.25) is 0 Å². The van der Waals surface area contributed by atoms with Crippen molar-refractivity contribution in [3.63, 3.8) is 0 Å². The third kappa shape index (κ3) is 6.28. The number of nitrogens with zero attached hydrogens (tertiary/aromatic N) is 1. The molecule has 0 spiro atoms. The van der Waals surface area contributed by atoms with Gasteiger partial charge >= 0.3 is 12.1 Å². The molecule has 0 radical (unpaired) electrons. The van der Waals surface area contributed by atoms with Crippen molar-refractivity contribution < 1.29 is 32.2 Å². The Morgan fingerprint density at radius 2 is 1.93 bits per heavy atom. The molecule has 9 heteroatoms. The number of hydrogen-bond donors (Lipinski definition) is 1. The van der Waals surface area contributed by atoms with E-state index in [2.05, 4.69) is 5.32 Å². The minimum absolute atomic E-state index is 0.00925. The van der Waals surface area contributed by atoms with Crippen molar-refractivity contribution in [3.8, 4) is 0 Å². The van der Waals surface area contributed by atoms with Crippen LogP contribution in [0, 0.1) is 0 Å². The molecule has 6 nitrogen and oxygen atoms in total. The molecule has 1 N–H and O–H groups in total. The summed E-state index contributed by atoms with van der Waals surface area (Å²) in [6, 6.07) is 3.16. The standard InChI is InChI=1S/C18H21F3N2O4/c1-12(2)9-17(25)27-11-16(24)22-14-10-13(18(19,20)21)3-4-15(14)23-5-7-26-8-6-23/h3-4,9-10H,5-8,11H2,1-2H3,(H,22,24). The van der Waals surface area contributed by atoms with E-state index in [0.29, 0.717) is 37.6 Å². The van der Waals surface area contributed by atoms with Crippen LogP contribution in [0.25, 0.3) is 0 Å². The van der Waals surface area contributed by atoms with Crippen molar-refractivity contribution >= 4 is 23.3 Å². The Morgan fingerprint density at radius 1 is 1.26 bits per heavy atom. The van der Waals surface area contributed by atoms with Gasteiger partial charge in [0, 0.05) is 19.2 Å². The van der Waals surface area contributed by atoms with Gasteiger partial charge in [0.25, 0.3) is 5.91 Å². The van der Waals surface area contributed by atoms with Crippen LogP contribution < -0.4 is 10.2 Å². The molecule has 0 bridgehead atoms. The number of rotatable bonds is 5. The van der Waals surface area contributed by atoms with Crippen LogP contribution in [0.1, 0.15) is 19.4 Å². The van der Waals surface area contributed by atoms with Crippen LogP contribution in [-0.2, 0) is 25.2 Å². The number of carbonyl (C=O) groups is 2. The SMILES string of the molecule is CC(C)=CC(=O)OCC(=O)Nc1cc(C(F)(F)F)ccc1N1CCOCC1. The Kier molecular flexibility index (Phi) is 6.84. The van der Waals surface area contributed by atoms with Gasteiger partial charge in [-0.25, -0.2) is 4.79 Å². The number of halogens is 3. The quantitative estimate of drug-likeness (QED) is 0.623. The predicted molar refractivity (Wildman–Crippen MR) is 93.5 cm³/mol. The normalized spacial score (nSPS) is 14.5. The van der Waals surface area contributed by atoms with Gasteiger partial charge in [0.05, 0.1) is 30.2 Å². The first-order chi connectivity index (χ1) is 12.7. The molecule has 1 aliphatic heterocycles. The smallest absolute Gasteiger partial charge is 0.416 e. The van der Waals surface area contributed by atoms with Gasteiger partial charge in [-0.15, -0.1) is 0 Å². The van der Waals surface area contributed by atoms with E-state index < -0.39 is 30.2 Å². The summed E-state index contributed by atoms with van der Waals surface area (Å²) < 4.78 is 49.1. The topological polar surface area (TPSA) is 67.9 Å². The minimum Gasteiger partial charge on any atom is -0.452 e. The lowest BCUT2D eigenvalue weighted by Crippen LogP contribution is -2.37. The molecular weight excluding hydrogens is 365 g/mol. The second kappa shape index (κ2) is 8.90. The van der Waals surface area contributed by atoms with Crippen molar-refractivity contribution in [1.29, 1.82) is 0 Å². The molecule has 0 atom stereocenters. The predicted octanol–water partition coefficient (Wildman–Crippen LogP) is 2.99. The molecule has 148 valence electrons. The van der Waals surface area contributed by atoms with E-state index in [1.807, 2.05) is 4.90 Å². The Hall–Kier alpha value is -2.55. The van der Waals surface area contributed by atoms with Crippen molar-refractivity contribution in [2.45, 2.75) is 20.0 Å². The molecule has 1 fully saturated rings. The highest BCUT2D eigenvalue weighted by atomic mass is 19.4. The number of benzene rings is 1. The molecule has 1 aliphatic rings. The lowest BCUT2D eigenvalue weighted by atomic mass is 10.1. The summed E-state index contributed by atoms with van der Waals surface area (Å²) in [5.74, 6) is -1.41. The van der Waals surface area contributed by atoms with Crippen molar-refractivity contribution in [2.75, 3.05) is 43.1 Å². The number of anilines is 2. The third-order valence-electron chi connectivity index (χ3n) is 3.70. The highest BCUT2D eigenvalue weighted by Gasteiger charge is 2.32. The number of esters is 1. The third-order valence-corrected chi connectivity index (χ3v) is 3.70. The first-order valence-corrected chi connectivity index (χ1v) is 8.32. The van der Waals surface area contributed by atoms with Gasteiger partial charge in [-0.05, 0) is 32.0 Å². The average Bonchev–Trinajstić information content (AvgIpc) is 2.59. The molecular formula is C18H21F3N2O4. The monoisotopic (exact) mass is 386 g/mol. The van der Waals surface area contributed by atoms with Crippen LogP contribution in [0.5, 0.6) is 0 Å². The van der Waals surface area contributed by atoms with Crippen molar-refractivity contribution in [1.82, 2.24) is 0 Å². The first-order valence-electron chi connectivity index (χ1n) is 8.32. The van der Waals surface area contributed by atoms with Gasteiger partial charge in [-0.3, -0.25) is 4.79 Å². The second-order valence-electron chi connectivity index (χ2n) is 6.21. The van der Waals surface area contributed by atoms with Gasteiger partial charge < -0.3 is 19.7 Å². The van der Waals surface area contributed by atoms with E-state index in [1.54, 1.807) is 13.8 Å². The second-order valence-corrected chi connectivity index (χ2v) is 6.21. The minimum atomic E-state index is -4.54. The fourth-order valence-corrected chi connectivity index (χ4v) is 2.49. The molecule has 1 aromatic rings. The zero-order valence-electron chi connectivity index (χ0n) is 15.1. The van der Waals surface area contributed by atoms with Crippen molar-refractivity contribution in [3.05, 3.63) is 35.4 Å². The van der Waals surface area contributed by atoms with E-state index >= 15 is 0 Å². The molecule has 0 aromatic heterocycles. The molecule has 0 unspecified atom stereocenters. The number of alkyl halides is 3. The number of allylic oxidation sites excluding steroid dienone is 1. The zero-order chi connectivity index (χ0) is 20.0. The summed E-state index contributed by atoms with van der Waals surface area (Å²) in [7, 11) is 0. The van der Waals surface area contributed by atoms with E-state index in [-0.39, 0.29) is 5.69 Å². The van der Waals surface area contributed by atoms with Crippen LogP contribution in [0.4, 0.5) is 24.5 Å². The zero-order valence-corrected chi connectivity index (χ0v) is 15.1. The van der Waals surface area contributed by atoms with Crippen LogP contribution in [0.3, 0.4) is 0 Å². The maximum absolute atomic E-state index is 13.0. The molecule has 27 heavy (non-hydrogen) atoms. The van der Waals surface area contributed by atoms with Crippen LogP contribution in [0.15, 0.2) is 29.8 Å². The van der Waals surface area contributed by atoms with Gasteiger partial charge in [0.15, 0.2) is 6.61 Å². The Morgan fingerprint density at radius 3 is 2.52 bits per heavy atom. The highest BCUT2D eigenvalue weighted by molar-refractivity contribution is 5.96. The Bertz CT molecular complexity index is 722. The van der Waals surface area contributed by atoms with Crippen LogP contribution in [0.2, 0.25) is 0 Å². The van der Waals surface area contributed by atoms with Gasteiger partial charge in [-0.2, -0.15) is 13.2 Å². The largest absolute Gasteiger partial charge is 0.452 e. The number of morpholine rings is 1.